The molecular weight excluding hydrogens is 655 g/mol. The molecule has 3 rings (SSSR count). The Balaban J connectivity index is 1.74. The molecular formula is C36H42F3N5O6. The monoisotopic (exact) mass is 697 g/mol. The van der Waals surface area contributed by atoms with E-state index in [0.717, 1.165) is 11.1 Å². The fourth-order valence-electron chi connectivity index (χ4n) is 5.05. The second kappa shape index (κ2) is 18.0. The fourth-order valence-corrected chi connectivity index (χ4v) is 5.05. The molecule has 0 saturated heterocycles. The lowest BCUT2D eigenvalue weighted by atomic mass is 9.99. The molecule has 0 aliphatic heterocycles. The van der Waals surface area contributed by atoms with Crippen molar-refractivity contribution in [1.29, 1.82) is 0 Å². The number of rotatable bonds is 16. The lowest BCUT2D eigenvalue weighted by Crippen LogP contribution is -2.59. The van der Waals surface area contributed by atoms with Crippen LogP contribution in [0.3, 0.4) is 0 Å². The number of hydrogen-bond acceptors (Lipinski definition) is 6. The summed E-state index contributed by atoms with van der Waals surface area (Å²) in [5, 5.41) is 19.6. The summed E-state index contributed by atoms with van der Waals surface area (Å²) in [4.78, 5) is 64.3. The van der Waals surface area contributed by atoms with Crippen LogP contribution >= 0.6 is 0 Å². The van der Waals surface area contributed by atoms with E-state index in [9.17, 15) is 42.3 Å². The Hall–Kier alpha value is -5.24. The molecule has 0 saturated carbocycles. The van der Waals surface area contributed by atoms with Gasteiger partial charge in [-0.25, -0.2) is 0 Å². The minimum atomic E-state index is -5.11. The van der Waals surface area contributed by atoms with Crippen LogP contribution in [-0.2, 0) is 25.6 Å². The highest BCUT2D eigenvalue weighted by Crippen LogP contribution is 2.24. The third-order valence-corrected chi connectivity index (χ3v) is 7.90. The number of halogens is 3. The van der Waals surface area contributed by atoms with Gasteiger partial charge in [0.05, 0.1) is 6.04 Å². The molecule has 0 spiro atoms. The summed E-state index contributed by atoms with van der Waals surface area (Å²) in [6.45, 7) is 4.64. The molecule has 0 fully saturated rings. The maximum absolute atomic E-state index is 13.6. The van der Waals surface area contributed by atoms with Gasteiger partial charge in [0.1, 0.15) is 18.1 Å². The number of aliphatic hydroxyl groups is 1. The van der Waals surface area contributed by atoms with Gasteiger partial charge in [0, 0.05) is 18.4 Å². The van der Waals surface area contributed by atoms with Crippen molar-refractivity contribution in [3.05, 3.63) is 96.1 Å². The highest BCUT2D eigenvalue weighted by Gasteiger charge is 2.44. The minimum Gasteiger partial charge on any atom is -0.382 e. The van der Waals surface area contributed by atoms with Crippen molar-refractivity contribution in [3.8, 4) is 11.1 Å². The van der Waals surface area contributed by atoms with Gasteiger partial charge in [-0.1, -0.05) is 86.6 Å². The SMILES string of the molecule is CC(C)[C@@H](NC(=O)c1ccc(-c2ccccc2)cc1)C(=O)N[C@@H](Cc1ccccc1)C(=O)N[C@@H](C)C(=O)NC(CCC(N)=O)C(O)C(F)(F)F. The van der Waals surface area contributed by atoms with Gasteiger partial charge in [0.2, 0.25) is 23.6 Å². The molecule has 5 amide bonds. The van der Waals surface area contributed by atoms with Crippen LogP contribution in [0.2, 0.25) is 0 Å². The first-order valence-electron chi connectivity index (χ1n) is 16.0. The summed E-state index contributed by atoms with van der Waals surface area (Å²) in [7, 11) is 0. The zero-order valence-electron chi connectivity index (χ0n) is 27.9. The lowest BCUT2D eigenvalue weighted by molar-refractivity contribution is -0.212. The number of carbonyl (C=O) groups is 5. The molecule has 0 bridgehead atoms. The average molecular weight is 698 g/mol. The first kappa shape index (κ1) is 39.2. The highest BCUT2D eigenvalue weighted by molar-refractivity contribution is 5.99. The molecule has 50 heavy (non-hydrogen) atoms. The van der Waals surface area contributed by atoms with Crippen LogP contribution in [0.1, 0.15) is 49.5 Å². The van der Waals surface area contributed by atoms with Crippen molar-refractivity contribution in [2.75, 3.05) is 0 Å². The fraction of sp³-hybridized carbons (Fsp3) is 0.361. The van der Waals surface area contributed by atoms with Crippen LogP contribution in [0, 0.1) is 5.92 Å². The third kappa shape index (κ3) is 11.7. The molecule has 0 radical (unpaired) electrons. The van der Waals surface area contributed by atoms with Crippen LogP contribution in [0.4, 0.5) is 13.2 Å². The van der Waals surface area contributed by atoms with Gasteiger partial charge in [-0.3, -0.25) is 24.0 Å². The molecule has 11 nitrogen and oxygen atoms in total. The molecule has 0 aliphatic carbocycles. The molecule has 0 aliphatic rings. The number of hydrogen-bond donors (Lipinski definition) is 6. The molecule has 5 atom stereocenters. The summed E-state index contributed by atoms with van der Waals surface area (Å²) in [5.74, 6) is -4.45. The number of primary amides is 1. The van der Waals surface area contributed by atoms with E-state index in [1.807, 2.05) is 35.6 Å². The Labute approximate surface area is 288 Å². The highest BCUT2D eigenvalue weighted by atomic mass is 19.4. The molecule has 14 heteroatoms. The van der Waals surface area contributed by atoms with E-state index < -0.39 is 84.7 Å². The second-order valence-electron chi connectivity index (χ2n) is 12.2. The molecule has 268 valence electrons. The molecule has 0 aromatic heterocycles. The second-order valence-corrected chi connectivity index (χ2v) is 12.2. The summed E-state index contributed by atoms with van der Waals surface area (Å²) >= 11 is 0. The van der Waals surface area contributed by atoms with Crippen molar-refractivity contribution in [2.24, 2.45) is 11.7 Å². The zero-order chi connectivity index (χ0) is 37.0. The maximum Gasteiger partial charge on any atom is 0.416 e. The van der Waals surface area contributed by atoms with Crippen molar-refractivity contribution in [2.45, 2.75) is 76.5 Å². The van der Waals surface area contributed by atoms with Gasteiger partial charge < -0.3 is 32.1 Å². The Kier molecular flexibility index (Phi) is 14.1. The Bertz CT molecular complexity index is 1600. The molecule has 2 unspecified atom stereocenters. The number of alkyl halides is 3. The van der Waals surface area contributed by atoms with Gasteiger partial charge in [0.15, 0.2) is 6.10 Å². The predicted molar refractivity (Wildman–Crippen MR) is 180 cm³/mol. The van der Waals surface area contributed by atoms with E-state index in [1.165, 1.54) is 6.92 Å². The lowest BCUT2D eigenvalue weighted by Gasteiger charge is -2.28. The van der Waals surface area contributed by atoms with Gasteiger partial charge in [-0.2, -0.15) is 13.2 Å². The van der Waals surface area contributed by atoms with Gasteiger partial charge in [0.25, 0.3) is 5.91 Å². The number of amides is 5. The maximum atomic E-state index is 13.6. The van der Waals surface area contributed by atoms with E-state index in [4.69, 9.17) is 5.73 Å². The molecule has 7 N–H and O–H groups in total. The van der Waals surface area contributed by atoms with E-state index in [0.29, 0.717) is 11.1 Å². The number of nitrogens with two attached hydrogens (primary N) is 1. The van der Waals surface area contributed by atoms with E-state index in [-0.39, 0.29) is 6.42 Å². The number of carbonyl (C=O) groups excluding carboxylic acids is 5. The van der Waals surface area contributed by atoms with E-state index >= 15 is 0 Å². The van der Waals surface area contributed by atoms with Gasteiger partial charge in [-0.15, -0.1) is 0 Å². The number of aliphatic hydroxyl groups excluding tert-OH is 1. The molecule has 3 aromatic rings. The molecule has 3 aromatic carbocycles. The van der Waals surface area contributed by atoms with Crippen LogP contribution in [0.15, 0.2) is 84.9 Å². The average Bonchev–Trinajstić information content (AvgIpc) is 3.08. The quantitative estimate of drug-likeness (QED) is 0.134. The van der Waals surface area contributed by atoms with Gasteiger partial charge in [-0.05, 0) is 48.1 Å². The smallest absolute Gasteiger partial charge is 0.382 e. The Morgan fingerprint density at radius 2 is 1.28 bits per heavy atom. The molecule has 0 heterocycles. The summed E-state index contributed by atoms with van der Waals surface area (Å²) in [5.41, 5.74) is 7.86. The van der Waals surface area contributed by atoms with Crippen molar-refractivity contribution < 1.29 is 42.3 Å². The van der Waals surface area contributed by atoms with E-state index in [1.54, 1.807) is 68.4 Å². The minimum absolute atomic E-state index is 0.0273. The third-order valence-electron chi connectivity index (χ3n) is 7.90. The topological polar surface area (TPSA) is 180 Å². The number of benzene rings is 3. The Morgan fingerprint density at radius 1 is 0.720 bits per heavy atom. The van der Waals surface area contributed by atoms with Crippen LogP contribution in [0.5, 0.6) is 0 Å². The zero-order valence-corrected chi connectivity index (χ0v) is 27.9. The largest absolute Gasteiger partial charge is 0.416 e. The van der Waals surface area contributed by atoms with Crippen LogP contribution < -0.4 is 27.0 Å². The van der Waals surface area contributed by atoms with Crippen LogP contribution in [-0.4, -0.2) is 71.1 Å². The number of nitrogens with one attached hydrogen (secondary N) is 4. The normalized spacial score (nSPS) is 14.4. The standard InChI is InChI=1S/C36H42F3N5O6/c1-21(2)30(44-33(48)26-16-14-25(15-17-26)24-12-8-5-9-13-24)35(50)43-28(20-23-10-6-4-7-11-23)34(49)41-22(3)32(47)42-27(18-19-29(40)45)31(46)36(37,38)39/h4-17,21-22,27-28,30-31,46H,18-20H2,1-3H3,(H2,40,45)(H,41,49)(H,42,47)(H,43,50)(H,44,48)/t22-,27?,28-,30+,31?/m0/s1. The predicted octanol–water partition coefficient (Wildman–Crippen LogP) is 3.01. The van der Waals surface area contributed by atoms with Crippen LogP contribution in [0.25, 0.3) is 11.1 Å². The summed E-state index contributed by atoms with van der Waals surface area (Å²) < 4.78 is 39.7. The first-order chi connectivity index (χ1) is 23.6. The van der Waals surface area contributed by atoms with E-state index in [2.05, 4.69) is 16.0 Å². The summed E-state index contributed by atoms with van der Waals surface area (Å²) in [6.07, 6.45) is -9.28. The Morgan fingerprint density at radius 3 is 1.82 bits per heavy atom. The van der Waals surface area contributed by atoms with Gasteiger partial charge >= 0.3 is 6.18 Å². The first-order valence-corrected chi connectivity index (χ1v) is 16.0. The van der Waals surface area contributed by atoms with Crippen molar-refractivity contribution >= 4 is 29.5 Å². The van der Waals surface area contributed by atoms with Crippen molar-refractivity contribution in [1.82, 2.24) is 21.3 Å². The van der Waals surface area contributed by atoms with Crippen molar-refractivity contribution in [3.63, 3.8) is 0 Å². The summed E-state index contributed by atoms with van der Waals surface area (Å²) in [6, 6.07) is 19.4.